The average Bonchev–Trinajstić information content (AvgIpc) is 2.94. The van der Waals surface area contributed by atoms with E-state index >= 15 is 0 Å². The second-order valence-electron chi connectivity index (χ2n) is 4.64. The molecule has 1 atom stereocenters. The van der Waals surface area contributed by atoms with Crippen molar-refractivity contribution in [3.05, 3.63) is 45.6 Å². The molecule has 2 rings (SSSR count). The summed E-state index contributed by atoms with van der Waals surface area (Å²) < 4.78 is 10.7. The largest absolute Gasteiger partial charge is 0.497 e. The summed E-state index contributed by atoms with van der Waals surface area (Å²) in [6, 6.07) is 9.99. The summed E-state index contributed by atoms with van der Waals surface area (Å²) in [5.74, 6) is 1.61. The highest BCUT2D eigenvalue weighted by atomic mass is 32.1. The van der Waals surface area contributed by atoms with Crippen LogP contribution in [-0.2, 0) is 12.8 Å². The lowest BCUT2D eigenvalue weighted by atomic mass is 10.0. The van der Waals surface area contributed by atoms with Gasteiger partial charge >= 0.3 is 0 Å². The molecule has 0 saturated heterocycles. The van der Waals surface area contributed by atoms with E-state index in [1.807, 2.05) is 29.5 Å². The molecule has 0 aliphatic rings. The van der Waals surface area contributed by atoms with Crippen molar-refractivity contribution in [2.75, 3.05) is 14.2 Å². The first-order valence-electron chi connectivity index (χ1n) is 6.73. The number of ether oxygens (including phenoxy) is 2. The molecule has 1 heterocycles. The molecule has 0 spiro atoms. The molecule has 2 N–H and O–H groups in total. The molecule has 0 fully saturated rings. The molecular formula is C16H21NO2S. The molecule has 0 aliphatic carbocycles. The summed E-state index contributed by atoms with van der Waals surface area (Å²) >= 11 is 1.83. The fourth-order valence-electron chi connectivity index (χ4n) is 2.18. The standard InChI is InChI=1S/C16H21NO2S/c1-4-12-6-7-13(20-12)10-15(17)14-9-11(18-2)5-8-16(14)19-3/h5-9,15H,4,10,17H2,1-3H3. The molecule has 2 aromatic rings. The summed E-state index contributed by atoms with van der Waals surface area (Å²) in [4.78, 5) is 2.70. The van der Waals surface area contributed by atoms with E-state index < -0.39 is 0 Å². The van der Waals surface area contributed by atoms with Crippen molar-refractivity contribution >= 4 is 11.3 Å². The first kappa shape index (κ1) is 14.9. The van der Waals surface area contributed by atoms with Gasteiger partial charge in [0, 0.05) is 27.8 Å². The number of methoxy groups -OCH3 is 2. The van der Waals surface area contributed by atoms with Gasteiger partial charge in [-0.25, -0.2) is 0 Å². The van der Waals surface area contributed by atoms with Gasteiger partial charge in [-0.1, -0.05) is 6.92 Å². The molecule has 0 amide bonds. The molecular weight excluding hydrogens is 270 g/mol. The molecule has 1 aromatic carbocycles. The molecule has 108 valence electrons. The first-order chi connectivity index (χ1) is 9.67. The van der Waals surface area contributed by atoms with Crippen LogP contribution in [0.25, 0.3) is 0 Å². The Bertz CT molecular complexity index is 565. The van der Waals surface area contributed by atoms with Crippen LogP contribution >= 0.6 is 11.3 Å². The van der Waals surface area contributed by atoms with Gasteiger partial charge in [0.05, 0.1) is 14.2 Å². The van der Waals surface area contributed by atoms with Gasteiger partial charge in [0.1, 0.15) is 11.5 Å². The number of nitrogens with two attached hydrogens (primary N) is 1. The van der Waals surface area contributed by atoms with Crippen molar-refractivity contribution in [3.63, 3.8) is 0 Å². The number of rotatable bonds is 6. The van der Waals surface area contributed by atoms with Crippen LogP contribution in [0.15, 0.2) is 30.3 Å². The van der Waals surface area contributed by atoms with E-state index in [9.17, 15) is 0 Å². The van der Waals surface area contributed by atoms with E-state index in [1.54, 1.807) is 14.2 Å². The second kappa shape index (κ2) is 6.77. The molecule has 1 aromatic heterocycles. The van der Waals surface area contributed by atoms with E-state index in [1.165, 1.54) is 9.75 Å². The minimum absolute atomic E-state index is 0.0941. The monoisotopic (exact) mass is 291 g/mol. The third kappa shape index (κ3) is 3.32. The fraction of sp³-hybridized carbons (Fsp3) is 0.375. The fourth-order valence-corrected chi connectivity index (χ4v) is 3.19. The normalized spacial score (nSPS) is 12.2. The summed E-state index contributed by atoms with van der Waals surface area (Å²) in [5, 5.41) is 0. The van der Waals surface area contributed by atoms with Crippen LogP contribution < -0.4 is 15.2 Å². The van der Waals surface area contributed by atoms with Gasteiger partial charge in [-0.3, -0.25) is 0 Å². The second-order valence-corrected chi connectivity index (χ2v) is 5.89. The van der Waals surface area contributed by atoms with Crippen LogP contribution in [0.1, 0.15) is 28.3 Å². The van der Waals surface area contributed by atoms with Crippen LogP contribution in [-0.4, -0.2) is 14.2 Å². The summed E-state index contributed by atoms with van der Waals surface area (Å²) in [7, 11) is 3.32. The lowest BCUT2D eigenvalue weighted by Gasteiger charge is -2.16. The smallest absolute Gasteiger partial charge is 0.123 e. The Kier molecular flexibility index (Phi) is 5.04. The minimum atomic E-state index is -0.0941. The minimum Gasteiger partial charge on any atom is -0.497 e. The van der Waals surface area contributed by atoms with Crippen LogP contribution in [0, 0.1) is 0 Å². The number of hydrogen-bond donors (Lipinski definition) is 1. The van der Waals surface area contributed by atoms with Crippen molar-refractivity contribution in [2.24, 2.45) is 5.73 Å². The quantitative estimate of drug-likeness (QED) is 0.885. The molecule has 1 unspecified atom stereocenters. The van der Waals surface area contributed by atoms with Gasteiger partial charge in [0.15, 0.2) is 0 Å². The number of aryl methyl sites for hydroxylation is 1. The van der Waals surface area contributed by atoms with Gasteiger partial charge in [0.2, 0.25) is 0 Å². The number of hydrogen-bond acceptors (Lipinski definition) is 4. The molecule has 0 radical (unpaired) electrons. The van der Waals surface area contributed by atoms with Crippen LogP contribution in [0.4, 0.5) is 0 Å². The maximum atomic E-state index is 6.35. The van der Waals surface area contributed by atoms with Crippen molar-refractivity contribution in [1.82, 2.24) is 0 Å². The summed E-state index contributed by atoms with van der Waals surface area (Å²) in [5.41, 5.74) is 7.33. The van der Waals surface area contributed by atoms with Crippen molar-refractivity contribution < 1.29 is 9.47 Å². The predicted octanol–water partition coefficient (Wildman–Crippen LogP) is 3.57. The molecule has 20 heavy (non-hydrogen) atoms. The highest BCUT2D eigenvalue weighted by Gasteiger charge is 2.15. The molecule has 4 heteroatoms. The van der Waals surface area contributed by atoms with Crippen LogP contribution in [0.5, 0.6) is 11.5 Å². The Morgan fingerprint density at radius 3 is 2.45 bits per heavy atom. The topological polar surface area (TPSA) is 44.5 Å². The van der Waals surface area contributed by atoms with Gasteiger partial charge in [-0.15, -0.1) is 11.3 Å². The molecule has 0 bridgehead atoms. The molecule has 0 saturated carbocycles. The van der Waals surface area contributed by atoms with Gasteiger partial charge in [0.25, 0.3) is 0 Å². The number of benzene rings is 1. The highest BCUT2D eigenvalue weighted by Crippen LogP contribution is 2.31. The van der Waals surface area contributed by atoms with E-state index in [0.29, 0.717) is 0 Å². The average molecular weight is 291 g/mol. The maximum absolute atomic E-state index is 6.35. The Morgan fingerprint density at radius 2 is 1.85 bits per heavy atom. The Labute approximate surface area is 124 Å². The van der Waals surface area contributed by atoms with E-state index in [4.69, 9.17) is 15.2 Å². The van der Waals surface area contributed by atoms with Gasteiger partial charge < -0.3 is 15.2 Å². The van der Waals surface area contributed by atoms with E-state index in [0.717, 1.165) is 29.9 Å². The lowest BCUT2D eigenvalue weighted by Crippen LogP contribution is -2.14. The maximum Gasteiger partial charge on any atom is 0.123 e. The third-order valence-electron chi connectivity index (χ3n) is 3.32. The van der Waals surface area contributed by atoms with Crippen molar-refractivity contribution in [2.45, 2.75) is 25.8 Å². The highest BCUT2D eigenvalue weighted by molar-refractivity contribution is 7.11. The van der Waals surface area contributed by atoms with E-state index in [2.05, 4.69) is 19.1 Å². The Morgan fingerprint density at radius 1 is 1.10 bits per heavy atom. The van der Waals surface area contributed by atoms with Crippen LogP contribution in [0.3, 0.4) is 0 Å². The zero-order valence-electron chi connectivity index (χ0n) is 12.2. The summed E-state index contributed by atoms with van der Waals surface area (Å²) in [6.45, 7) is 2.17. The molecule has 0 aliphatic heterocycles. The SMILES string of the molecule is CCc1ccc(CC(N)c2cc(OC)ccc2OC)s1. The third-order valence-corrected chi connectivity index (χ3v) is 4.58. The van der Waals surface area contributed by atoms with Gasteiger partial charge in [-0.2, -0.15) is 0 Å². The Balaban J connectivity index is 2.20. The Hall–Kier alpha value is -1.52. The zero-order valence-corrected chi connectivity index (χ0v) is 13.0. The lowest BCUT2D eigenvalue weighted by molar-refractivity contribution is 0.395. The number of thiophene rings is 1. The van der Waals surface area contributed by atoms with Crippen LogP contribution in [0.2, 0.25) is 0 Å². The first-order valence-corrected chi connectivity index (χ1v) is 7.54. The van der Waals surface area contributed by atoms with E-state index in [-0.39, 0.29) is 6.04 Å². The predicted molar refractivity (Wildman–Crippen MR) is 83.9 cm³/mol. The van der Waals surface area contributed by atoms with Crippen molar-refractivity contribution in [1.29, 1.82) is 0 Å². The van der Waals surface area contributed by atoms with Gasteiger partial charge in [-0.05, 0) is 36.8 Å². The molecule has 3 nitrogen and oxygen atoms in total. The van der Waals surface area contributed by atoms with Crippen molar-refractivity contribution in [3.8, 4) is 11.5 Å². The summed E-state index contributed by atoms with van der Waals surface area (Å²) in [6.07, 6.45) is 1.89. The zero-order chi connectivity index (χ0) is 14.5.